The van der Waals surface area contributed by atoms with Crippen LogP contribution in [0.2, 0.25) is 0 Å². The number of halogens is 1. The van der Waals surface area contributed by atoms with Gasteiger partial charge < -0.3 is 1.43 Å². The second-order valence-electron chi connectivity index (χ2n) is 0.473. The maximum atomic E-state index is 10.4. The molecule has 0 atom stereocenters. The van der Waals surface area contributed by atoms with Gasteiger partial charge in [-0.2, -0.15) is 0 Å². The van der Waals surface area contributed by atoms with Crippen LogP contribution in [-0.2, 0) is 23.1 Å². The van der Waals surface area contributed by atoms with Gasteiger partial charge in [-0.25, -0.2) is 4.57 Å². The molecule has 0 fully saturated rings. The fourth-order valence-electron chi connectivity index (χ4n) is 0. The second kappa shape index (κ2) is 5.40. The summed E-state index contributed by atoms with van der Waals surface area (Å²) in [6.07, 6.45) is 0. The van der Waals surface area contributed by atoms with Gasteiger partial charge in [-0.05, 0) is 0 Å². The minimum absolute atomic E-state index is 0. The van der Waals surface area contributed by atoms with E-state index in [1.807, 2.05) is 0 Å². The average molecular weight is 159 g/mol. The molecule has 0 aromatic carbocycles. The first-order chi connectivity index (χ1) is 2.00. The Labute approximate surface area is 65.5 Å². The summed E-state index contributed by atoms with van der Waals surface area (Å²) in [4.78, 5) is 13.9. The first-order valence-electron chi connectivity index (χ1n) is 0.752. The molecule has 0 aliphatic carbocycles. The van der Waals surface area contributed by atoms with Crippen molar-refractivity contribution in [3.8, 4) is 0 Å². The van der Waals surface area contributed by atoms with Gasteiger partial charge in [0.2, 0.25) is 0 Å². The predicted molar refractivity (Wildman–Crippen MR) is 14.3 cm³/mol. The molecule has 0 amide bonds. The Morgan fingerprint density at radius 2 is 1.57 bits per heavy atom. The van der Waals surface area contributed by atoms with Crippen molar-refractivity contribution >= 4 is 7.91 Å². The zero-order valence-corrected chi connectivity index (χ0v) is 5.87. The molecule has 0 saturated carbocycles. The van der Waals surface area contributed by atoms with Crippen LogP contribution in [0.5, 0.6) is 0 Å². The van der Waals surface area contributed by atoms with Crippen molar-refractivity contribution < 1.29 is 57.4 Å². The van der Waals surface area contributed by atoms with E-state index in [2.05, 4.69) is 0 Å². The third kappa shape index (κ3) is 126. The molecule has 0 aromatic heterocycles. The SMILES string of the molecule is O=P(O)(O)F.[H-].[Li+].[V]. The molecule has 0 aliphatic heterocycles. The average Bonchev–Trinajstić information content (AvgIpc) is 0.722. The van der Waals surface area contributed by atoms with Gasteiger partial charge in [0.25, 0.3) is 0 Å². The van der Waals surface area contributed by atoms with Crippen LogP contribution >= 0.6 is 7.91 Å². The van der Waals surface area contributed by atoms with E-state index in [0.29, 0.717) is 0 Å². The Hall–Kier alpha value is 1.26. The summed E-state index contributed by atoms with van der Waals surface area (Å²) in [5.74, 6) is 0. The molecule has 0 rings (SSSR count). The van der Waals surface area contributed by atoms with Gasteiger partial charge in [-0.15, -0.1) is 4.20 Å². The van der Waals surface area contributed by atoms with Crippen LogP contribution in [-0.4, -0.2) is 9.79 Å². The molecule has 7 heteroatoms. The first kappa shape index (κ1) is 15.7. The fourth-order valence-corrected chi connectivity index (χ4v) is 0. The standard InChI is InChI=1S/FH2O3P.Li.V.H/c1-5(2,3)4;;;/h(H2,2,3,4);;;/q;+1;;-1. The summed E-state index contributed by atoms with van der Waals surface area (Å²) in [5.41, 5.74) is 0. The Balaban J connectivity index is -0.0000000267. The molecule has 39 valence electrons. The van der Waals surface area contributed by atoms with Crippen LogP contribution in [0.25, 0.3) is 0 Å². The summed E-state index contributed by atoms with van der Waals surface area (Å²) in [7, 11) is -5.14. The summed E-state index contributed by atoms with van der Waals surface area (Å²) >= 11 is 0. The zero-order valence-electron chi connectivity index (χ0n) is 4.58. The van der Waals surface area contributed by atoms with E-state index < -0.39 is 7.91 Å². The maximum Gasteiger partial charge on any atom is 1.00 e. The van der Waals surface area contributed by atoms with E-state index in [-0.39, 0.29) is 38.8 Å². The minimum atomic E-state index is -5.14. The van der Waals surface area contributed by atoms with E-state index >= 15 is 0 Å². The summed E-state index contributed by atoms with van der Waals surface area (Å²) in [6.45, 7) is 0. The van der Waals surface area contributed by atoms with Crippen molar-refractivity contribution in [2.24, 2.45) is 0 Å². The van der Waals surface area contributed by atoms with E-state index in [0.717, 1.165) is 0 Å². The fraction of sp³-hybridized carbons (Fsp3) is 0. The summed E-state index contributed by atoms with van der Waals surface area (Å²) in [5, 5.41) is 0. The topological polar surface area (TPSA) is 57.5 Å². The molecule has 0 spiro atoms. The smallest absolute Gasteiger partial charge is 1.00 e. The van der Waals surface area contributed by atoms with Crippen LogP contribution < -0.4 is 18.9 Å². The van der Waals surface area contributed by atoms with Crippen molar-refractivity contribution in [3.05, 3.63) is 0 Å². The minimum Gasteiger partial charge on any atom is -1.00 e. The normalized spacial score (nSPS) is 8.43. The van der Waals surface area contributed by atoms with Crippen LogP contribution in [0.4, 0.5) is 4.20 Å². The molecule has 0 aliphatic rings. The van der Waals surface area contributed by atoms with Gasteiger partial charge in [-0.1, -0.05) is 0 Å². The first-order valence-corrected chi connectivity index (χ1v) is 2.25. The van der Waals surface area contributed by atoms with E-state index in [9.17, 15) is 4.20 Å². The molecule has 7 heavy (non-hydrogen) atoms. The van der Waals surface area contributed by atoms with Gasteiger partial charge in [0.1, 0.15) is 0 Å². The van der Waals surface area contributed by atoms with Crippen molar-refractivity contribution in [1.82, 2.24) is 0 Å². The number of hydrogen-bond donors (Lipinski definition) is 2. The van der Waals surface area contributed by atoms with Gasteiger partial charge in [0.15, 0.2) is 0 Å². The molecule has 3 nitrogen and oxygen atoms in total. The van der Waals surface area contributed by atoms with Crippen molar-refractivity contribution in [1.29, 1.82) is 0 Å². The third-order valence-electron chi connectivity index (χ3n) is 0. The third-order valence-corrected chi connectivity index (χ3v) is 0. The molecular formula is H3FLiO3PV. The second-order valence-corrected chi connectivity index (χ2v) is 1.42. The van der Waals surface area contributed by atoms with Gasteiger partial charge >= 0.3 is 26.8 Å². The summed E-state index contributed by atoms with van der Waals surface area (Å²) < 4.78 is 19.0. The van der Waals surface area contributed by atoms with Crippen LogP contribution in [0.1, 0.15) is 1.43 Å². The van der Waals surface area contributed by atoms with E-state index in [4.69, 9.17) is 14.4 Å². The van der Waals surface area contributed by atoms with Crippen molar-refractivity contribution in [2.75, 3.05) is 0 Å². The van der Waals surface area contributed by atoms with Gasteiger partial charge in [0.05, 0.1) is 0 Å². The van der Waals surface area contributed by atoms with E-state index in [1.165, 1.54) is 0 Å². The van der Waals surface area contributed by atoms with Crippen LogP contribution in [0.15, 0.2) is 0 Å². The molecule has 0 saturated heterocycles. The van der Waals surface area contributed by atoms with Crippen LogP contribution in [0, 0.1) is 0 Å². The van der Waals surface area contributed by atoms with Crippen molar-refractivity contribution in [3.63, 3.8) is 0 Å². The molecule has 0 heterocycles. The number of rotatable bonds is 0. The molecule has 0 unspecified atom stereocenters. The van der Waals surface area contributed by atoms with E-state index in [1.54, 1.807) is 0 Å². The number of hydrogen-bond acceptors (Lipinski definition) is 1. The Morgan fingerprint density at radius 3 is 1.57 bits per heavy atom. The Morgan fingerprint density at radius 1 is 1.57 bits per heavy atom. The summed E-state index contributed by atoms with van der Waals surface area (Å²) in [6, 6.07) is 0. The Bertz CT molecular complexity index is 65.4. The molecule has 0 bridgehead atoms. The monoisotopic (exact) mass is 159 g/mol. The quantitative estimate of drug-likeness (QED) is 0.295. The van der Waals surface area contributed by atoms with Crippen LogP contribution in [0.3, 0.4) is 0 Å². The zero-order chi connectivity index (χ0) is 4.50. The predicted octanol–water partition coefficient (Wildman–Crippen LogP) is -2.84. The van der Waals surface area contributed by atoms with Gasteiger partial charge in [-0.3, -0.25) is 9.79 Å². The molecular weight excluding hydrogens is 156 g/mol. The molecule has 0 aromatic rings. The largest absolute Gasteiger partial charge is 1.00 e. The Kier molecular flexibility index (Phi) is 12.1. The van der Waals surface area contributed by atoms with Gasteiger partial charge in [0, 0.05) is 18.6 Å². The molecule has 2 N–H and O–H groups in total. The molecule has 1 radical (unpaired) electrons. The van der Waals surface area contributed by atoms with Crippen molar-refractivity contribution in [2.45, 2.75) is 0 Å². The maximum absolute atomic E-state index is 10.4.